The topological polar surface area (TPSA) is 106 Å². The number of unbranched alkanes of at least 4 members (excludes halogenated alkanes) is 1. The number of aromatic amines is 1. The normalized spacial score (nSPS) is 11.4. The number of hydrogen-bond donors (Lipinski definition) is 2. The Bertz CT molecular complexity index is 1190. The summed E-state index contributed by atoms with van der Waals surface area (Å²) in [6.45, 7) is 7.37. The van der Waals surface area contributed by atoms with Crippen LogP contribution >= 0.6 is 0 Å². The van der Waals surface area contributed by atoms with Gasteiger partial charge in [-0.3, -0.25) is 19.1 Å². The quantitative estimate of drug-likeness (QED) is 0.505. The van der Waals surface area contributed by atoms with Gasteiger partial charge in [0.25, 0.3) is 5.56 Å². The molecule has 0 unspecified atom stereocenters. The van der Waals surface area contributed by atoms with Crippen molar-refractivity contribution in [2.45, 2.75) is 59.5 Å². The van der Waals surface area contributed by atoms with Crippen LogP contribution in [0.15, 0.2) is 46.1 Å². The Balaban J connectivity index is 1.91. The first-order chi connectivity index (χ1) is 15.3. The lowest BCUT2D eigenvalue weighted by atomic mass is 10.1. The molecule has 0 fully saturated rings. The minimum Gasteiger partial charge on any atom is -0.383 e. The fourth-order valence-electron chi connectivity index (χ4n) is 3.81. The molecule has 0 aliphatic rings. The summed E-state index contributed by atoms with van der Waals surface area (Å²) in [4.78, 5) is 42.2. The molecular formula is C24H33N5O3. The molecule has 3 aromatic rings. The van der Waals surface area contributed by atoms with Crippen molar-refractivity contribution in [2.24, 2.45) is 5.92 Å². The van der Waals surface area contributed by atoms with Gasteiger partial charge in [-0.2, -0.15) is 0 Å². The molecule has 32 heavy (non-hydrogen) atoms. The number of aryl methyl sites for hydroxylation is 1. The van der Waals surface area contributed by atoms with Crippen LogP contribution in [-0.4, -0.2) is 26.6 Å². The molecule has 2 aromatic heterocycles. The van der Waals surface area contributed by atoms with Crippen molar-refractivity contribution in [3.63, 3.8) is 0 Å². The van der Waals surface area contributed by atoms with Crippen LogP contribution in [0.2, 0.25) is 0 Å². The number of amides is 1. The lowest BCUT2D eigenvalue weighted by Gasteiger charge is -2.25. The van der Waals surface area contributed by atoms with Crippen molar-refractivity contribution in [3.05, 3.63) is 57.4 Å². The van der Waals surface area contributed by atoms with E-state index in [0.29, 0.717) is 32.0 Å². The lowest BCUT2D eigenvalue weighted by Crippen LogP contribution is -2.42. The summed E-state index contributed by atoms with van der Waals surface area (Å²) < 4.78 is 3.39. The zero-order chi connectivity index (χ0) is 23.3. The molecule has 0 spiro atoms. The third-order valence-electron chi connectivity index (χ3n) is 5.70. The van der Waals surface area contributed by atoms with Crippen molar-refractivity contribution in [1.82, 2.24) is 14.1 Å². The maximum absolute atomic E-state index is 13.3. The van der Waals surface area contributed by atoms with E-state index in [4.69, 9.17) is 5.73 Å². The molecule has 3 rings (SSSR count). The monoisotopic (exact) mass is 439 g/mol. The van der Waals surface area contributed by atoms with Crippen molar-refractivity contribution >= 4 is 28.3 Å². The lowest BCUT2D eigenvalue weighted by molar-refractivity contribution is -0.118. The second-order valence-corrected chi connectivity index (χ2v) is 8.54. The number of H-pyrrole nitrogens is 1. The molecule has 8 nitrogen and oxygen atoms in total. The minimum atomic E-state index is -0.622. The third-order valence-corrected chi connectivity index (χ3v) is 5.70. The first-order valence-electron chi connectivity index (χ1n) is 11.3. The number of para-hydroxylation sites is 1. The fraction of sp³-hybridized carbons (Fsp3) is 0.458. The summed E-state index contributed by atoms with van der Waals surface area (Å²) in [5.74, 6) is 0.196. The minimum absolute atomic E-state index is 0.0516. The summed E-state index contributed by atoms with van der Waals surface area (Å²) in [5, 5.41) is 1.11. The molecule has 0 atom stereocenters. The molecule has 172 valence electrons. The molecule has 1 amide bonds. The number of nitrogens with two attached hydrogens (primary N) is 1. The van der Waals surface area contributed by atoms with E-state index in [1.807, 2.05) is 48.0 Å². The number of rotatable bonds is 10. The van der Waals surface area contributed by atoms with Gasteiger partial charge in [0, 0.05) is 37.8 Å². The summed E-state index contributed by atoms with van der Waals surface area (Å²) in [6, 6.07) is 10.0. The molecule has 0 aliphatic carbocycles. The van der Waals surface area contributed by atoms with Crippen LogP contribution < -0.4 is 21.9 Å². The van der Waals surface area contributed by atoms with E-state index in [1.54, 1.807) is 0 Å². The Morgan fingerprint density at radius 3 is 2.62 bits per heavy atom. The number of aromatic nitrogens is 3. The van der Waals surface area contributed by atoms with Gasteiger partial charge in [-0.25, -0.2) is 4.79 Å². The summed E-state index contributed by atoms with van der Waals surface area (Å²) in [7, 11) is 0. The average Bonchev–Trinajstić information content (AvgIpc) is 3.17. The van der Waals surface area contributed by atoms with Crippen molar-refractivity contribution in [2.75, 3.05) is 17.2 Å². The van der Waals surface area contributed by atoms with Crippen LogP contribution in [-0.2, 0) is 17.9 Å². The number of carbonyl (C=O) groups is 1. The molecule has 0 aliphatic heterocycles. The third kappa shape index (κ3) is 5.12. The number of benzene rings is 1. The first-order valence-corrected chi connectivity index (χ1v) is 11.3. The second kappa shape index (κ2) is 10.3. The number of nitrogen functional groups attached to an aromatic ring is 1. The molecule has 0 bridgehead atoms. The van der Waals surface area contributed by atoms with Crippen LogP contribution in [0.4, 0.5) is 11.5 Å². The predicted octanol–water partition coefficient (Wildman–Crippen LogP) is 3.34. The van der Waals surface area contributed by atoms with Gasteiger partial charge < -0.3 is 15.2 Å². The highest BCUT2D eigenvalue weighted by atomic mass is 16.2. The van der Waals surface area contributed by atoms with Crippen LogP contribution in [0.5, 0.6) is 0 Å². The largest absolute Gasteiger partial charge is 0.383 e. The van der Waals surface area contributed by atoms with Gasteiger partial charge in [-0.05, 0) is 36.3 Å². The van der Waals surface area contributed by atoms with E-state index < -0.39 is 11.2 Å². The Morgan fingerprint density at radius 2 is 1.91 bits per heavy atom. The Morgan fingerprint density at radius 1 is 1.16 bits per heavy atom. The number of nitrogens with zero attached hydrogens (tertiary/aromatic N) is 3. The molecule has 1 aromatic carbocycles. The molecular weight excluding hydrogens is 406 g/mol. The maximum Gasteiger partial charge on any atom is 0.330 e. The van der Waals surface area contributed by atoms with Crippen LogP contribution in [0, 0.1) is 5.92 Å². The molecule has 0 radical (unpaired) electrons. The number of fused-ring (bicyclic) bond motifs is 1. The molecule has 3 N–H and O–H groups in total. The van der Waals surface area contributed by atoms with E-state index in [2.05, 4.69) is 18.8 Å². The average molecular weight is 440 g/mol. The predicted molar refractivity (Wildman–Crippen MR) is 129 cm³/mol. The van der Waals surface area contributed by atoms with Crippen LogP contribution in [0.1, 0.15) is 46.5 Å². The standard InChI is InChI=1S/C24H33N5O3/c1-4-5-13-29-22(25)21(23(31)26-24(29)32)28(16-10-17(2)3)20(30)12-15-27-14-11-18-8-6-7-9-19(18)27/h6-9,11,14,17H,4-5,10,12-13,15-16,25H2,1-3H3,(H,26,31,32). The number of anilines is 2. The highest BCUT2D eigenvalue weighted by Gasteiger charge is 2.24. The fourth-order valence-corrected chi connectivity index (χ4v) is 3.81. The van der Waals surface area contributed by atoms with Gasteiger partial charge in [0.05, 0.1) is 0 Å². The van der Waals surface area contributed by atoms with E-state index in [0.717, 1.165) is 23.7 Å². The summed E-state index contributed by atoms with van der Waals surface area (Å²) >= 11 is 0. The van der Waals surface area contributed by atoms with E-state index in [9.17, 15) is 14.4 Å². The first kappa shape index (κ1) is 23.4. The number of carbonyl (C=O) groups excluding carboxylic acids is 1. The van der Waals surface area contributed by atoms with E-state index in [1.165, 1.54) is 9.47 Å². The van der Waals surface area contributed by atoms with E-state index >= 15 is 0 Å². The summed E-state index contributed by atoms with van der Waals surface area (Å²) in [5.41, 5.74) is 6.24. The highest BCUT2D eigenvalue weighted by Crippen LogP contribution is 2.21. The second-order valence-electron chi connectivity index (χ2n) is 8.54. The zero-order valence-corrected chi connectivity index (χ0v) is 19.1. The van der Waals surface area contributed by atoms with Crippen molar-refractivity contribution in [3.8, 4) is 0 Å². The Hall–Kier alpha value is -3.29. The smallest absolute Gasteiger partial charge is 0.330 e. The van der Waals surface area contributed by atoms with Crippen molar-refractivity contribution < 1.29 is 4.79 Å². The molecule has 0 saturated carbocycles. The maximum atomic E-state index is 13.3. The van der Waals surface area contributed by atoms with Gasteiger partial charge in [0.15, 0.2) is 5.69 Å². The number of hydrogen-bond acceptors (Lipinski definition) is 4. The van der Waals surface area contributed by atoms with Gasteiger partial charge in [0.2, 0.25) is 5.91 Å². The SMILES string of the molecule is CCCCn1c(N)c(N(CCC(C)C)C(=O)CCn2ccc3ccccc32)c(=O)[nH]c1=O. The van der Waals surface area contributed by atoms with E-state index in [-0.39, 0.29) is 23.8 Å². The van der Waals surface area contributed by atoms with Crippen LogP contribution in [0.25, 0.3) is 10.9 Å². The summed E-state index contributed by atoms with van der Waals surface area (Å²) in [6.07, 6.45) is 4.51. The van der Waals surface area contributed by atoms with Crippen molar-refractivity contribution in [1.29, 1.82) is 0 Å². The molecule has 8 heteroatoms. The van der Waals surface area contributed by atoms with Gasteiger partial charge in [-0.15, -0.1) is 0 Å². The number of nitrogens with one attached hydrogen (secondary N) is 1. The van der Waals surface area contributed by atoms with Crippen LogP contribution in [0.3, 0.4) is 0 Å². The highest BCUT2D eigenvalue weighted by molar-refractivity contribution is 5.95. The van der Waals surface area contributed by atoms with Gasteiger partial charge in [0.1, 0.15) is 5.82 Å². The molecule has 0 saturated heterocycles. The molecule has 2 heterocycles. The zero-order valence-electron chi connectivity index (χ0n) is 19.1. The van der Waals surface area contributed by atoms with Gasteiger partial charge in [-0.1, -0.05) is 45.4 Å². The Labute approximate surface area is 187 Å². The Kier molecular flexibility index (Phi) is 7.56. The van der Waals surface area contributed by atoms with Gasteiger partial charge >= 0.3 is 5.69 Å².